The second-order valence-electron chi connectivity index (χ2n) is 18.7. The van der Waals surface area contributed by atoms with Gasteiger partial charge in [0.15, 0.2) is 0 Å². The molecule has 0 spiro atoms. The Hall–Kier alpha value is -5.16. The number of carbonyl (C=O) groups excluding carboxylic acids is 7. The quantitative estimate of drug-likeness (QED) is 0.0856. The van der Waals surface area contributed by atoms with Crippen molar-refractivity contribution in [2.75, 3.05) is 47.9 Å². The van der Waals surface area contributed by atoms with Gasteiger partial charge >= 0.3 is 5.97 Å². The van der Waals surface area contributed by atoms with Crippen molar-refractivity contribution in [2.24, 2.45) is 29.6 Å². The Morgan fingerprint density at radius 3 is 2.02 bits per heavy atom. The van der Waals surface area contributed by atoms with Crippen molar-refractivity contribution in [2.45, 2.75) is 136 Å². The lowest BCUT2D eigenvalue weighted by Gasteiger charge is -2.40. The van der Waals surface area contributed by atoms with Crippen LogP contribution in [0.15, 0.2) is 42.5 Å². The molecule has 0 aromatic heterocycles. The number of ether oxygens (including phenoxy) is 2. The minimum Gasteiger partial charge on any atom is -0.480 e. The second-order valence-corrected chi connectivity index (χ2v) is 18.7. The molecule has 17 heteroatoms. The zero-order valence-corrected chi connectivity index (χ0v) is 41.0. The number of rotatable bonds is 27. The number of likely N-dealkylation sites (N-methyl/N-ethyl adjacent to an activating group) is 2. The molecule has 2 aliphatic rings. The summed E-state index contributed by atoms with van der Waals surface area (Å²) in [5.41, 5.74) is 0.778. The number of imide groups is 1. The van der Waals surface area contributed by atoms with Crippen LogP contribution in [0.4, 0.5) is 0 Å². The Labute approximate surface area is 391 Å². The average Bonchev–Trinajstić information content (AvgIpc) is 3.90. The number of carboxylic acids is 1. The fourth-order valence-electron chi connectivity index (χ4n) is 9.22. The fraction of sp³-hybridized carbons (Fsp3) is 0.673. The van der Waals surface area contributed by atoms with E-state index in [9.17, 15) is 43.5 Å². The molecule has 9 atom stereocenters. The maximum Gasteiger partial charge on any atom is 0.326 e. The van der Waals surface area contributed by atoms with Crippen molar-refractivity contribution in [3.05, 3.63) is 48.0 Å². The van der Waals surface area contributed by atoms with Crippen LogP contribution >= 0.6 is 0 Å². The summed E-state index contributed by atoms with van der Waals surface area (Å²) < 4.78 is 11.8. The lowest BCUT2D eigenvalue weighted by molar-refractivity contribution is -0.147. The zero-order valence-electron chi connectivity index (χ0n) is 41.0. The lowest BCUT2D eigenvalue weighted by Crippen LogP contribution is -2.60. The highest BCUT2D eigenvalue weighted by Crippen LogP contribution is 2.29. The molecule has 0 saturated carbocycles. The van der Waals surface area contributed by atoms with Crippen LogP contribution < -0.4 is 10.6 Å². The van der Waals surface area contributed by atoms with Crippen molar-refractivity contribution in [1.82, 2.24) is 30.2 Å². The van der Waals surface area contributed by atoms with Crippen LogP contribution in [0.25, 0.3) is 0 Å². The van der Waals surface area contributed by atoms with Crippen molar-refractivity contribution in [3.8, 4) is 0 Å². The van der Waals surface area contributed by atoms with Gasteiger partial charge in [0, 0.05) is 78.9 Å². The maximum absolute atomic E-state index is 14.5. The van der Waals surface area contributed by atoms with E-state index in [4.69, 9.17) is 9.47 Å². The number of amides is 7. The van der Waals surface area contributed by atoms with Crippen LogP contribution in [0.3, 0.4) is 0 Å². The van der Waals surface area contributed by atoms with Gasteiger partial charge in [-0.25, -0.2) is 4.79 Å². The number of methoxy groups -OCH3 is 2. The van der Waals surface area contributed by atoms with Gasteiger partial charge in [0.05, 0.1) is 30.6 Å². The molecular formula is C49H76N6O11. The molecule has 7 amide bonds. The first-order valence-electron chi connectivity index (χ1n) is 23.4. The highest BCUT2D eigenvalue weighted by Gasteiger charge is 2.42. The number of likely N-dealkylation sites (tertiary alicyclic amines) is 1. The molecule has 0 bridgehead atoms. The third-order valence-electron chi connectivity index (χ3n) is 13.3. The summed E-state index contributed by atoms with van der Waals surface area (Å²) in [6, 6.07) is 5.57. The summed E-state index contributed by atoms with van der Waals surface area (Å²) in [5, 5.41) is 15.5. The van der Waals surface area contributed by atoms with Crippen molar-refractivity contribution >= 4 is 47.3 Å². The van der Waals surface area contributed by atoms with E-state index < -0.39 is 60.1 Å². The third-order valence-corrected chi connectivity index (χ3v) is 13.3. The van der Waals surface area contributed by atoms with Gasteiger partial charge in [-0.1, -0.05) is 91.6 Å². The number of nitrogens with zero attached hydrogens (tertiary/aromatic N) is 4. The van der Waals surface area contributed by atoms with Gasteiger partial charge in [-0.2, -0.15) is 0 Å². The summed E-state index contributed by atoms with van der Waals surface area (Å²) in [6.07, 6.45) is 4.35. The predicted octanol–water partition coefficient (Wildman–Crippen LogP) is 3.69. The van der Waals surface area contributed by atoms with E-state index in [0.29, 0.717) is 45.2 Å². The van der Waals surface area contributed by atoms with Crippen LogP contribution in [-0.2, 0) is 54.3 Å². The summed E-state index contributed by atoms with van der Waals surface area (Å²) in [5.74, 6) is -5.15. The Morgan fingerprint density at radius 2 is 1.47 bits per heavy atom. The number of unbranched alkanes of at least 4 members (excludes halogenated alkanes) is 2. The molecule has 1 aromatic carbocycles. The van der Waals surface area contributed by atoms with Crippen LogP contribution in [0.2, 0.25) is 0 Å². The van der Waals surface area contributed by atoms with Crippen LogP contribution in [0, 0.1) is 29.6 Å². The fourth-order valence-corrected chi connectivity index (χ4v) is 9.22. The van der Waals surface area contributed by atoms with Crippen molar-refractivity contribution in [3.63, 3.8) is 0 Å². The molecule has 1 aromatic rings. The van der Waals surface area contributed by atoms with E-state index in [0.717, 1.165) is 5.56 Å². The van der Waals surface area contributed by atoms with Crippen molar-refractivity contribution in [1.29, 1.82) is 0 Å². The van der Waals surface area contributed by atoms with Gasteiger partial charge in [-0.05, 0) is 42.6 Å². The highest BCUT2D eigenvalue weighted by molar-refractivity contribution is 6.12. The maximum atomic E-state index is 14.5. The van der Waals surface area contributed by atoms with E-state index in [2.05, 4.69) is 10.6 Å². The molecule has 17 nitrogen and oxygen atoms in total. The molecule has 66 heavy (non-hydrogen) atoms. The third kappa shape index (κ3) is 14.9. The molecule has 4 unspecified atom stereocenters. The number of nitrogens with one attached hydrogen (secondary N) is 2. The molecule has 0 radical (unpaired) electrons. The molecule has 2 aliphatic heterocycles. The molecule has 1 fully saturated rings. The normalized spacial score (nSPS) is 18.7. The zero-order chi connectivity index (χ0) is 49.4. The van der Waals surface area contributed by atoms with Gasteiger partial charge in [0.1, 0.15) is 18.1 Å². The van der Waals surface area contributed by atoms with Crippen LogP contribution in [-0.4, -0.2) is 156 Å². The first kappa shape index (κ1) is 55.2. The standard InChI is InChI=1S/C49H76N6O11/c1-12-32(6)44(37(65-10)28-41(59)54-26-24-35(29-54)45(66-11)33(7)46(60)50-36(49(63)64)27-34-19-15-13-16-20-34)53(9)48(62)42(30(2)3)51-47(61)43(31(4)5)52(8)38(56)21-17-14-18-25-55-39(57)22-23-40(55)58/h13,15-16,19-20,22-23,30-33,35-37,42-45H,12,14,17-18,21,24-29H2,1-11H3,(H,50,60)(H,51,61)(H,63,64)/t32-,33+,35?,36?,37+,42?,43?,44-,45+/m0/s1. The Morgan fingerprint density at radius 1 is 0.833 bits per heavy atom. The Balaban J connectivity index is 1.65. The summed E-state index contributed by atoms with van der Waals surface area (Å²) in [7, 11) is 6.26. The molecule has 1 saturated heterocycles. The number of carboxylic acid groups (broad SMARTS) is 1. The number of hydrogen-bond donors (Lipinski definition) is 3. The van der Waals surface area contributed by atoms with Crippen LogP contribution in [0.5, 0.6) is 0 Å². The largest absolute Gasteiger partial charge is 0.480 e. The first-order chi connectivity index (χ1) is 31.2. The van der Waals surface area contributed by atoms with Gasteiger partial charge < -0.3 is 39.9 Å². The van der Waals surface area contributed by atoms with E-state index in [1.54, 1.807) is 43.0 Å². The molecule has 3 N–H and O–H groups in total. The van der Waals surface area contributed by atoms with Gasteiger partial charge in [0.2, 0.25) is 29.5 Å². The molecule has 2 heterocycles. The highest BCUT2D eigenvalue weighted by atomic mass is 16.5. The summed E-state index contributed by atoms with van der Waals surface area (Å²) >= 11 is 0. The Kier molecular flexibility index (Phi) is 21.9. The number of aliphatic carboxylic acids is 1. The molecule has 0 aliphatic carbocycles. The SMILES string of the molecule is CC[C@H](C)[C@@H]([C@@H](CC(=O)N1CCC([C@H](OC)[C@@H](C)C(=O)NC(Cc2ccccc2)C(=O)O)C1)OC)N(C)C(=O)C(NC(=O)C(C(C)C)N(C)C(=O)CCCCCN1C(=O)C=CC1=O)C(C)C. The number of hydrogen-bond acceptors (Lipinski definition) is 10. The average molecular weight is 925 g/mol. The van der Waals surface area contributed by atoms with E-state index in [1.807, 2.05) is 59.7 Å². The summed E-state index contributed by atoms with van der Waals surface area (Å²) in [6.45, 7) is 14.0. The minimum atomic E-state index is -1.14. The van der Waals surface area contributed by atoms with Crippen molar-refractivity contribution < 1.29 is 52.9 Å². The van der Waals surface area contributed by atoms with E-state index in [1.165, 1.54) is 36.2 Å². The van der Waals surface area contributed by atoms with Gasteiger partial charge in [-0.3, -0.25) is 38.5 Å². The predicted molar refractivity (Wildman–Crippen MR) is 248 cm³/mol. The number of carbonyl (C=O) groups is 8. The Bertz CT molecular complexity index is 1840. The smallest absolute Gasteiger partial charge is 0.326 e. The van der Waals surface area contributed by atoms with E-state index in [-0.39, 0.29) is 79.0 Å². The first-order valence-corrected chi connectivity index (χ1v) is 23.4. The number of benzene rings is 1. The topological polar surface area (TPSA) is 212 Å². The lowest BCUT2D eigenvalue weighted by atomic mass is 9.89. The monoisotopic (exact) mass is 925 g/mol. The summed E-state index contributed by atoms with van der Waals surface area (Å²) in [4.78, 5) is 111. The van der Waals surface area contributed by atoms with E-state index >= 15 is 0 Å². The molecule has 3 rings (SSSR count). The molecule has 368 valence electrons. The van der Waals surface area contributed by atoms with Gasteiger partial charge in [-0.15, -0.1) is 0 Å². The molecular weight excluding hydrogens is 849 g/mol. The van der Waals surface area contributed by atoms with Crippen LogP contribution in [0.1, 0.15) is 99.0 Å². The second kappa shape index (κ2) is 26.2. The van der Waals surface area contributed by atoms with Gasteiger partial charge in [0.25, 0.3) is 11.8 Å². The minimum absolute atomic E-state index is 0.0317.